The number of halogens is 3. The van der Waals surface area contributed by atoms with Gasteiger partial charge in [-0.15, -0.1) is 0 Å². The van der Waals surface area contributed by atoms with Crippen molar-refractivity contribution in [3.8, 4) is 5.75 Å². The Morgan fingerprint density at radius 2 is 1.61 bits per heavy atom. The van der Waals surface area contributed by atoms with E-state index in [0.29, 0.717) is 12.1 Å². The van der Waals surface area contributed by atoms with E-state index in [1.165, 1.54) is 38.1 Å². The molecule has 1 aliphatic heterocycles. The first-order valence-corrected chi connectivity index (χ1v) is 10.2. The molecular formula is C19H23F3N2O3S. The number of nitrogens with one attached hydrogen (secondary N) is 1. The molecule has 5 nitrogen and oxygen atoms in total. The summed E-state index contributed by atoms with van der Waals surface area (Å²) in [7, 11) is -1.76. The number of aryl methyl sites for hydroxylation is 1. The molecule has 1 saturated heterocycles. The molecule has 2 N–H and O–H groups in total. The van der Waals surface area contributed by atoms with Crippen molar-refractivity contribution in [2.75, 3.05) is 24.9 Å². The standard InChI is InChI=1S/C14H12F3NO3S.C5H11N/c1-9-2-5-11(6-3-9)22(20,21)18-10-4-7-12(13(19)8-10)14(15,16)17;1-6-4-2-3-5-6/h2-8,18-19H,1H3;2-5H2,1H3. The molecule has 3 rings (SSSR count). The Hall–Kier alpha value is -2.26. The minimum absolute atomic E-state index is 0.0301. The van der Waals surface area contributed by atoms with Crippen molar-refractivity contribution in [3.63, 3.8) is 0 Å². The Bertz CT molecular complexity index is 892. The van der Waals surface area contributed by atoms with Crippen LogP contribution >= 0.6 is 0 Å². The van der Waals surface area contributed by atoms with Crippen molar-refractivity contribution >= 4 is 15.7 Å². The van der Waals surface area contributed by atoms with Crippen LogP contribution in [0.25, 0.3) is 0 Å². The number of nitrogens with zero attached hydrogens (tertiary/aromatic N) is 1. The maximum atomic E-state index is 12.5. The fraction of sp³-hybridized carbons (Fsp3) is 0.368. The van der Waals surface area contributed by atoms with Gasteiger partial charge in [0.2, 0.25) is 0 Å². The van der Waals surface area contributed by atoms with Gasteiger partial charge in [0.15, 0.2) is 0 Å². The average molecular weight is 416 g/mol. The smallest absolute Gasteiger partial charge is 0.419 e. The summed E-state index contributed by atoms with van der Waals surface area (Å²) in [4.78, 5) is 2.33. The van der Waals surface area contributed by atoms with E-state index in [1.807, 2.05) is 0 Å². The molecule has 0 bridgehead atoms. The number of alkyl halides is 3. The number of aromatic hydroxyl groups is 1. The van der Waals surface area contributed by atoms with Gasteiger partial charge in [-0.25, -0.2) is 8.42 Å². The SMILES string of the molecule is CN1CCCC1.Cc1ccc(S(=O)(=O)Nc2ccc(C(F)(F)F)c(O)c2)cc1. The molecule has 1 fully saturated rings. The van der Waals surface area contributed by atoms with Crippen LogP contribution in [0.3, 0.4) is 0 Å². The predicted molar refractivity (Wildman–Crippen MR) is 102 cm³/mol. The molecule has 28 heavy (non-hydrogen) atoms. The summed E-state index contributed by atoms with van der Waals surface area (Å²) in [6.07, 6.45) is -1.88. The molecule has 0 saturated carbocycles. The zero-order valence-electron chi connectivity index (χ0n) is 15.6. The summed E-state index contributed by atoms with van der Waals surface area (Å²) >= 11 is 0. The monoisotopic (exact) mass is 416 g/mol. The van der Waals surface area contributed by atoms with Gasteiger partial charge in [0, 0.05) is 6.07 Å². The number of hydrogen-bond donors (Lipinski definition) is 2. The molecule has 1 aliphatic rings. The first-order valence-electron chi connectivity index (χ1n) is 8.67. The lowest BCUT2D eigenvalue weighted by molar-refractivity contribution is -0.138. The molecule has 0 aromatic heterocycles. The van der Waals surface area contributed by atoms with Gasteiger partial charge in [-0.1, -0.05) is 17.7 Å². The van der Waals surface area contributed by atoms with Crippen LogP contribution in [0, 0.1) is 6.92 Å². The fourth-order valence-corrected chi connectivity index (χ4v) is 3.69. The van der Waals surface area contributed by atoms with Gasteiger partial charge >= 0.3 is 6.18 Å². The lowest BCUT2D eigenvalue weighted by Crippen LogP contribution is -2.13. The summed E-state index contributed by atoms with van der Waals surface area (Å²) in [6, 6.07) is 8.21. The van der Waals surface area contributed by atoms with Crippen LogP contribution in [0.5, 0.6) is 5.75 Å². The van der Waals surface area contributed by atoms with Gasteiger partial charge in [0.05, 0.1) is 16.1 Å². The Kier molecular flexibility index (Phi) is 6.95. The van der Waals surface area contributed by atoms with Crippen LogP contribution < -0.4 is 4.72 Å². The number of likely N-dealkylation sites (tertiary alicyclic amines) is 1. The molecule has 0 spiro atoms. The fourth-order valence-electron chi connectivity index (χ4n) is 2.64. The van der Waals surface area contributed by atoms with Crippen LogP contribution in [0.2, 0.25) is 0 Å². The zero-order chi connectivity index (χ0) is 20.9. The number of phenolic OH excluding ortho intramolecular Hbond substituents is 1. The maximum Gasteiger partial charge on any atom is 0.419 e. The normalized spacial score (nSPS) is 15.0. The van der Waals surface area contributed by atoms with Gasteiger partial charge in [0.25, 0.3) is 10.0 Å². The lowest BCUT2D eigenvalue weighted by Gasteiger charge is -2.12. The largest absolute Gasteiger partial charge is 0.507 e. The van der Waals surface area contributed by atoms with E-state index in [0.717, 1.165) is 11.6 Å². The van der Waals surface area contributed by atoms with Crippen molar-refractivity contribution in [3.05, 3.63) is 53.6 Å². The highest BCUT2D eigenvalue weighted by molar-refractivity contribution is 7.92. The molecule has 0 radical (unpaired) electrons. The van der Waals surface area contributed by atoms with E-state index in [4.69, 9.17) is 0 Å². The highest BCUT2D eigenvalue weighted by atomic mass is 32.2. The maximum absolute atomic E-state index is 12.5. The van der Waals surface area contributed by atoms with Gasteiger partial charge in [-0.2, -0.15) is 13.2 Å². The molecule has 0 aliphatic carbocycles. The van der Waals surface area contributed by atoms with E-state index < -0.39 is 27.5 Å². The lowest BCUT2D eigenvalue weighted by atomic mass is 10.2. The Morgan fingerprint density at radius 1 is 1.04 bits per heavy atom. The number of anilines is 1. The second-order valence-electron chi connectivity index (χ2n) is 6.66. The number of sulfonamides is 1. The molecule has 9 heteroatoms. The molecule has 0 atom stereocenters. The minimum atomic E-state index is -4.71. The van der Waals surface area contributed by atoms with Crippen LogP contribution in [0.4, 0.5) is 18.9 Å². The second-order valence-corrected chi connectivity index (χ2v) is 8.34. The molecule has 2 aromatic carbocycles. The highest BCUT2D eigenvalue weighted by Gasteiger charge is 2.33. The third-order valence-electron chi connectivity index (χ3n) is 4.22. The van der Waals surface area contributed by atoms with Gasteiger partial charge in [-0.3, -0.25) is 4.72 Å². The van der Waals surface area contributed by atoms with Crippen LogP contribution in [-0.2, 0) is 16.2 Å². The summed E-state index contributed by atoms with van der Waals surface area (Å²) in [6.45, 7) is 4.43. The number of hydrogen-bond acceptors (Lipinski definition) is 4. The predicted octanol–water partition coefficient (Wildman–Crippen LogP) is 4.23. The van der Waals surface area contributed by atoms with Crippen LogP contribution in [-0.4, -0.2) is 38.6 Å². The quantitative estimate of drug-likeness (QED) is 0.786. The van der Waals surface area contributed by atoms with E-state index in [2.05, 4.69) is 16.7 Å². The molecule has 1 heterocycles. The van der Waals surface area contributed by atoms with E-state index in [1.54, 1.807) is 19.1 Å². The van der Waals surface area contributed by atoms with Crippen molar-refractivity contribution < 1.29 is 26.7 Å². The van der Waals surface area contributed by atoms with Crippen LogP contribution in [0.1, 0.15) is 24.0 Å². The van der Waals surface area contributed by atoms with E-state index in [9.17, 15) is 26.7 Å². The van der Waals surface area contributed by atoms with Crippen molar-refractivity contribution in [2.24, 2.45) is 0 Å². The summed E-state index contributed by atoms with van der Waals surface area (Å²) in [5.41, 5.74) is -0.525. The first-order chi connectivity index (χ1) is 13.0. The second kappa shape index (κ2) is 8.83. The average Bonchev–Trinajstić information content (AvgIpc) is 3.05. The summed E-state index contributed by atoms with van der Waals surface area (Å²) in [5, 5.41) is 9.38. The Labute approximate surface area is 162 Å². The van der Waals surface area contributed by atoms with Crippen molar-refractivity contribution in [1.29, 1.82) is 0 Å². The molecule has 0 amide bonds. The molecule has 154 valence electrons. The van der Waals surface area contributed by atoms with E-state index >= 15 is 0 Å². The molecular weight excluding hydrogens is 393 g/mol. The Morgan fingerprint density at radius 3 is 2.04 bits per heavy atom. The molecule has 0 unspecified atom stereocenters. The number of benzene rings is 2. The minimum Gasteiger partial charge on any atom is -0.507 e. The summed E-state index contributed by atoms with van der Waals surface area (Å²) < 4.78 is 63.9. The van der Waals surface area contributed by atoms with Gasteiger partial charge in [0.1, 0.15) is 5.75 Å². The van der Waals surface area contributed by atoms with Crippen LogP contribution in [0.15, 0.2) is 47.4 Å². The number of phenols is 1. The van der Waals surface area contributed by atoms with Crippen molar-refractivity contribution in [1.82, 2.24) is 4.90 Å². The Balaban J connectivity index is 0.000000397. The van der Waals surface area contributed by atoms with Gasteiger partial charge < -0.3 is 10.0 Å². The zero-order valence-corrected chi connectivity index (χ0v) is 16.4. The van der Waals surface area contributed by atoms with E-state index in [-0.39, 0.29) is 10.6 Å². The third kappa shape index (κ3) is 6.13. The highest BCUT2D eigenvalue weighted by Crippen LogP contribution is 2.37. The summed E-state index contributed by atoms with van der Waals surface area (Å²) in [5.74, 6) is -1.04. The number of rotatable bonds is 3. The first kappa shape index (κ1) is 22.0. The van der Waals surface area contributed by atoms with Crippen molar-refractivity contribution in [2.45, 2.75) is 30.8 Å². The third-order valence-corrected chi connectivity index (χ3v) is 5.61. The topological polar surface area (TPSA) is 69.6 Å². The molecule has 2 aromatic rings. The van der Waals surface area contributed by atoms with Gasteiger partial charge in [-0.05, 0) is 64.2 Å².